The van der Waals surface area contributed by atoms with Crippen LogP contribution in [0.25, 0.3) is 0 Å². The van der Waals surface area contributed by atoms with Crippen molar-refractivity contribution in [3.63, 3.8) is 0 Å². The molecule has 1 atom stereocenters. The van der Waals surface area contributed by atoms with Crippen LogP contribution < -0.4 is 5.69 Å². The normalized spacial score (nSPS) is 22.1. The van der Waals surface area contributed by atoms with Crippen LogP contribution >= 0.6 is 0 Å². The van der Waals surface area contributed by atoms with E-state index in [0.717, 1.165) is 19.4 Å². The third-order valence-electron chi connectivity index (χ3n) is 2.46. The second kappa shape index (κ2) is 4.37. The summed E-state index contributed by atoms with van der Waals surface area (Å²) in [7, 11) is 0. The van der Waals surface area contributed by atoms with Crippen LogP contribution in [0.5, 0.6) is 0 Å². The minimum atomic E-state index is -0.193. The molecule has 76 valence electrons. The maximum atomic E-state index is 11.3. The van der Waals surface area contributed by atoms with E-state index in [0.29, 0.717) is 6.54 Å². The highest BCUT2D eigenvalue weighted by Gasteiger charge is 2.14. The number of ether oxygens (including phenoxy) is 1. The molecule has 1 aliphatic rings. The molecule has 0 saturated carbocycles. The van der Waals surface area contributed by atoms with Gasteiger partial charge in [-0.3, -0.25) is 4.57 Å². The van der Waals surface area contributed by atoms with Crippen LogP contribution in [0.2, 0.25) is 0 Å². The van der Waals surface area contributed by atoms with Crippen LogP contribution in [0.15, 0.2) is 23.3 Å². The third-order valence-corrected chi connectivity index (χ3v) is 2.46. The maximum absolute atomic E-state index is 11.3. The molecule has 0 amide bonds. The van der Waals surface area contributed by atoms with E-state index in [1.54, 1.807) is 16.8 Å². The Morgan fingerprint density at radius 3 is 3.21 bits per heavy atom. The summed E-state index contributed by atoms with van der Waals surface area (Å²) < 4.78 is 7.16. The van der Waals surface area contributed by atoms with Crippen molar-refractivity contribution in [3.8, 4) is 0 Å². The largest absolute Gasteiger partial charge is 0.376 e. The van der Waals surface area contributed by atoms with E-state index < -0.39 is 0 Å². The van der Waals surface area contributed by atoms with E-state index in [-0.39, 0.29) is 11.8 Å². The Labute approximate surface area is 82.5 Å². The van der Waals surface area contributed by atoms with E-state index in [2.05, 4.69) is 4.98 Å². The molecule has 2 rings (SSSR count). The van der Waals surface area contributed by atoms with Crippen LogP contribution in [-0.4, -0.2) is 22.3 Å². The zero-order chi connectivity index (χ0) is 9.80. The summed E-state index contributed by atoms with van der Waals surface area (Å²) in [6, 6.07) is 1.77. The minimum absolute atomic E-state index is 0.186. The number of nitrogens with zero attached hydrogens (tertiary/aromatic N) is 2. The molecule has 2 heterocycles. The SMILES string of the molecule is O=c1ncccn1CC1CCCCO1. The Hall–Kier alpha value is -1.16. The molecule has 0 spiro atoms. The van der Waals surface area contributed by atoms with Crippen LogP contribution in [0, 0.1) is 0 Å². The predicted octanol–water partition coefficient (Wildman–Crippen LogP) is 0.812. The van der Waals surface area contributed by atoms with E-state index in [1.165, 1.54) is 12.6 Å². The fraction of sp³-hybridized carbons (Fsp3) is 0.600. The number of rotatable bonds is 2. The molecule has 1 aliphatic heterocycles. The summed E-state index contributed by atoms with van der Waals surface area (Å²) in [6.45, 7) is 1.45. The lowest BCUT2D eigenvalue weighted by molar-refractivity contribution is 0.00521. The molecule has 1 aromatic heterocycles. The van der Waals surface area contributed by atoms with Gasteiger partial charge in [0.25, 0.3) is 0 Å². The monoisotopic (exact) mass is 194 g/mol. The second-order valence-electron chi connectivity index (χ2n) is 3.54. The number of hydrogen-bond donors (Lipinski definition) is 0. The molecule has 0 aromatic carbocycles. The van der Waals surface area contributed by atoms with Gasteiger partial charge in [-0.1, -0.05) is 0 Å². The fourth-order valence-electron chi connectivity index (χ4n) is 1.70. The smallest absolute Gasteiger partial charge is 0.347 e. The van der Waals surface area contributed by atoms with Gasteiger partial charge in [0.15, 0.2) is 0 Å². The first-order valence-corrected chi connectivity index (χ1v) is 4.99. The lowest BCUT2D eigenvalue weighted by atomic mass is 10.1. The molecule has 4 heteroatoms. The Kier molecular flexibility index (Phi) is 2.93. The van der Waals surface area contributed by atoms with Crippen molar-refractivity contribution in [3.05, 3.63) is 28.9 Å². The molecule has 0 aliphatic carbocycles. The third kappa shape index (κ3) is 2.20. The molecular weight excluding hydrogens is 180 g/mol. The Balaban J connectivity index is 2.03. The van der Waals surface area contributed by atoms with Crippen molar-refractivity contribution in [1.82, 2.24) is 9.55 Å². The summed E-state index contributed by atoms with van der Waals surface area (Å²) >= 11 is 0. The standard InChI is InChI=1S/C10H14N2O2/c13-10-11-5-3-6-12(10)8-9-4-1-2-7-14-9/h3,5-6,9H,1-2,4,7-8H2. The highest BCUT2D eigenvalue weighted by molar-refractivity contribution is 4.82. The van der Waals surface area contributed by atoms with Crippen LogP contribution in [0.3, 0.4) is 0 Å². The molecule has 1 unspecified atom stereocenters. The summed E-state index contributed by atoms with van der Waals surface area (Å²) in [5, 5.41) is 0. The molecule has 4 nitrogen and oxygen atoms in total. The van der Waals surface area contributed by atoms with E-state index in [4.69, 9.17) is 4.74 Å². The van der Waals surface area contributed by atoms with Crippen molar-refractivity contribution in [2.75, 3.05) is 6.61 Å². The lowest BCUT2D eigenvalue weighted by Crippen LogP contribution is -2.31. The topological polar surface area (TPSA) is 44.1 Å². The first kappa shape index (κ1) is 9.40. The van der Waals surface area contributed by atoms with Gasteiger partial charge in [-0.15, -0.1) is 0 Å². The summed E-state index contributed by atoms with van der Waals surface area (Å²) in [4.78, 5) is 15.0. The fourth-order valence-corrected chi connectivity index (χ4v) is 1.70. The molecule has 14 heavy (non-hydrogen) atoms. The van der Waals surface area contributed by atoms with Gasteiger partial charge >= 0.3 is 5.69 Å². The molecule has 1 saturated heterocycles. The Morgan fingerprint density at radius 2 is 2.50 bits per heavy atom. The van der Waals surface area contributed by atoms with Crippen molar-refractivity contribution in [2.24, 2.45) is 0 Å². The molecule has 1 fully saturated rings. The highest BCUT2D eigenvalue weighted by atomic mass is 16.5. The summed E-state index contributed by atoms with van der Waals surface area (Å²) in [5.41, 5.74) is -0.193. The van der Waals surface area contributed by atoms with Crippen molar-refractivity contribution >= 4 is 0 Å². The van der Waals surface area contributed by atoms with Gasteiger partial charge in [-0.2, -0.15) is 0 Å². The van der Waals surface area contributed by atoms with Crippen molar-refractivity contribution in [1.29, 1.82) is 0 Å². The molecule has 0 N–H and O–H groups in total. The van der Waals surface area contributed by atoms with Gasteiger partial charge < -0.3 is 4.74 Å². The van der Waals surface area contributed by atoms with Gasteiger partial charge in [-0.05, 0) is 25.3 Å². The van der Waals surface area contributed by atoms with Gasteiger partial charge in [0.2, 0.25) is 0 Å². The predicted molar refractivity (Wildman–Crippen MR) is 52.1 cm³/mol. The van der Waals surface area contributed by atoms with Gasteiger partial charge in [0.05, 0.1) is 12.6 Å². The number of aromatic nitrogens is 2. The quantitative estimate of drug-likeness (QED) is 0.700. The first-order chi connectivity index (χ1) is 6.86. The van der Waals surface area contributed by atoms with Crippen molar-refractivity contribution < 1.29 is 4.74 Å². The summed E-state index contributed by atoms with van der Waals surface area (Å²) in [6.07, 6.45) is 6.83. The van der Waals surface area contributed by atoms with Gasteiger partial charge in [0.1, 0.15) is 0 Å². The first-order valence-electron chi connectivity index (χ1n) is 4.99. The molecule has 0 radical (unpaired) electrons. The maximum Gasteiger partial charge on any atom is 0.347 e. The number of hydrogen-bond acceptors (Lipinski definition) is 3. The zero-order valence-corrected chi connectivity index (χ0v) is 8.06. The molecule has 1 aromatic rings. The van der Waals surface area contributed by atoms with E-state index >= 15 is 0 Å². The van der Waals surface area contributed by atoms with E-state index in [9.17, 15) is 4.79 Å². The van der Waals surface area contributed by atoms with Crippen LogP contribution in [0.1, 0.15) is 19.3 Å². The average molecular weight is 194 g/mol. The minimum Gasteiger partial charge on any atom is -0.376 e. The molecular formula is C10H14N2O2. The van der Waals surface area contributed by atoms with Crippen molar-refractivity contribution in [2.45, 2.75) is 31.9 Å². The Bertz CT molecular complexity index is 342. The van der Waals surface area contributed by atoms with Crippen LogP contribution in [-0.2, 0) is 11.3 Å². The average Bonchev–Trinajstić information content (AvgIpc) is 2.23. The lowest BCUT2D eigenvalue weighted by Gasteiger charge is -2.22. The summed E-state index contributed by atoms with van der Waals surface area (Å²) in [5.74, 6) is 0. The van der Waals surface area contributed by atoms with E-state index in [1.807, 2.05) is 0 Å². The van der Waals surface area contributed by atoms with Crippen LogP contribution in [0.4, 0.5) is 0 Å². The van der Waals surface area contributed by atoms with Gasteiger partial charge in [0, 0.05) is 19.0 Å². The highest BCUT2D eigenvalue weighted by Crippen LogP contribution is 2.13. The van der Waals surface area contributed by atoms with Gasteiger partial charge in [-0.25, -0.2) is 9.78 Å². The zero-order valence-electron chi connectivity index (χ0n) is 8.06. The second-order valence-corrected chi connectivity index (χ2v) is 3.54. The molecule has 0 bridgehead atoms. The Morgan fingerprint density at radius 1 is 1.57 bits per heavy atom.